The number of hydrogen-bond acceptors (Lipinski definition) is 3. The summed E-state index contributed by atoms with van der Waals surface area (Å²) in [4.78, 5) is 13.4. The van der Waals surface area contributed by atoms with E-state index in [2.05, 4.69) is 74.1 Å². The van der Waals surface area contributed by atoms with Crippen molar-refractivity contribution in [1.82, 2.24) is 4.90 Å². The lowest BCUT2D eigenvalue weighted by Gasteiger charge is -2.22. The van der Waals surface area contributed by atoms with Gasteiger partial charge in [0.1, 0.15) is 0 Å². The molecule has 0 N–H and O–H groups in total. The second kappa shape index (κ2) is 18.2. The normalized spacial score (nSPS) is 20.3. The Kier molecular flexibility index (Phi) is 15.6. The number of nitro groups is 1. The molecule has 0 aromatic heterocycles. The van der Waals surface area contributed by atoms with Crippen LogP contribution in [-0.2, 0) is 0 Å². The predicted octanol–water partition coefficient (Wildman–Crippen LogP) is 8.50. The highest BCUT2D eigenvalue weighted by molar-refractivity contribution is 5.41. The van der Waals surface area contributed by atoms with E-state index in [4.69, 9.17) is 0 Å². The lowest BCUT2D eigenvalue weighted by Crippen LogP contribution is -2.16. The van der Waals surface area contributed by atoms with Gasteiger partial charge < -0.3 is 4.90 Å². The summed E-state index contributed by atoms with van der Waals surface area (Å²) >= 11 is 0. The van der Waals surface area contributed by atoms with Gasteiger partial charge in [0, 0.05) is 29.8 Å². The highest BCUT2D eigenvalue weighted by Crippen LogP contribution is 2.27. The molecule has 2 atom stereocenters. The third-order valence-electron chi connectivity index (χ3n) is 5.89. The number of allylic oxidation sites excluding steroid dienone is 15. The molecular weight excluding hydrogens is 432 g/mol. The lowest BCUT2D eigenvalue weighted by atomic mass is 9.89. The van der Waals surface area contributed by atoms with Crippen LogP contribution in [0.2, 0.25) is 0 Å². The molecule has 0 heterocycles. The van der Waals surface area contributed by atoms with Crippen LogP contribution in [0.4, 0.5) is 0 Å². The highest BCUT2D eigenvalue weighted by atomic mass is 16.6. The SMILES string of the molecule is C=C/C=C\C/C=C(\C)N(C)/C=C(CC(/C=C/C=CC/C=C\C)C[N+](=O)[O-])\C1=C\C(C)CCCC=C1. The minimum atomic E-state index is -0.206. The molecule has 1 rings (SSSR count). The molecule has 0 saturated carbocycles. The standard InChI is InChI=1S/C31H44N2O2/c1-6-8-10-12-13-17-21-29(25-33(34)35)24-31(30-22-18-14-15-19-27(3)23-30)26-32(5)28(4)20-16-11-9-7-2/h6-9,11-13,17-18,20-23,26-27,29H,2,10,14-16,19,24-25H2,1,3-5H3/b8-6-,11-9-,13-12?,21-17+,22-18?,28-20+,30-23+,31-26-. The van der Waals surface area contributed by atoms with Gasteiger partial charge in [-0.2, -0.15) is 0 Å². The third-order valence-corrected chi connectivity index (χ3v) is 5.89. The van der Waals surface area contributed by atoms with Crippen LogP contribution >= 0.6 is 0 Å². The average molecular weight is 477 g/mol. The Bertz CT molecular complexity index is 897. The molecule has 0 aromatic rings. The van der Waals surface area contributed by atoms with E-state index in [1.807, 2.05) is 44.4 Å². The van der Waals surface area contributed by atoms with Crippen molar-refractivity contribution >= 4 is 0 Å². The molecular formula is C31H44N2O2. The van der Waals surface area contributed by atoms with Crippen LogP contribution < -0.4 is 0 Å². The van der Waals surface area contributed by atoms with E-state index in [1.165, 1.54) is 12.0 Å². The quantitative estimate of drug-likeness (QED) is 0.109. The first kappa shape index (κ1) is 29.9. The minimum Gasteiger partial charge on any atom is -0.355 e. The smallest absolute Gasteiger partial charge is 0.210 e. The maximum absolute atomic E-state index is 11.5. The van der Waals surface area contributed by atoms with E-state index in [0.717, 1.165) is 37.0 Å². The van der Waals surface area contributed by atoms with Crippen LogP contribution in [0.3, 0.4) is 0 Å². The molecule has 35 heavy (non-hydrogen) atoms. The molecule has 0 spiro atoms. The Balaban J connectivity index is 3.27. The third kappa shape index (κ3) is 14.0. The number of nitrogens with zero attached hydrogens (tertiary/aromatic N) is 2. The molecule has 190 valence electrons. The van der Waals surface area contributed by atoms with Gasteiger partial charge >= 0.3 is 0 Å². The summed E-state index contributed by atoms with van der Waals surface area (Å²) in [6.45, 7) is 9.96. The first-order valence-electron chi connectivity index (χ1n) is 12.7. The van der Waals surface area contributed by atoms with Gasteiger partial charge in [-0.3, -0.25) is 10.1 Å². The van der Waals surface area contributed by atoms with E-state index in [0.29, 0.717) is 12.3 Å². The molecule has 0 aromatic carbocycles. The van der Waals surface area contributed by atoms with E-state index >= 15 is 0 Å². The summed E-state index contributed by atoms with van der Waals surface area (Å²) in [7, 11) is 2.04. The first-order valence-corrected chi connectivity index (χ1v) is 12.7. The van der Waals surface area contributed by atoms with E-state index < -0.39 is 0 Å². The van der Waals surface area contributed by atoms with Gasteiger partial charge in [-0.05, 0) is 69.4 Å². The molecule has 0 saturated heterocycles. The van der Waals surface area contributed by atoms with Crippen molar-refractivity contribution < 1.29 is 4.92 Å². The number of hydrogen-bond donors (Lipinski definition) is 0. The minimum absolute atomic E-state index is 0.0893. The van der Waals surface area contributed by atoms with Crippen LogP contribution in [0, 0.1) is 22.0 Å². The van der Waals surface area contributed by atoms with Crippen molar-refractivity contribution in [2.45, 2.75) is 59.3 Å². The van der Waals surface area contributed by atoms with Crippen molar-refractivity contribution in [2.24, 2.45) is 11.8 Å². The first-order chi connectivity index (χ1) is 16.9. The van der Waals surface area contributed by atoms with Gasteiger partial charge in [-0.15, -0.1) is 0 Å². The zero-order valence-corrected chi connectivity index (χ0v) is 22.1. The van der Waals surface area contributed by atoms with Crippen LogP contribution in [0.15, 0.2) is 109 Å². The Morgan fingerprint density at radius 1 is 1.26 bits per heavy atom. The Labute approximate surface area is 213 Å². The van der Waals surface area contributed by atoms with Crippen LogP contribution in [0.1, 0.15) is 59.3 Å². The lowest BCUT2D eigenvalue weighted by molar-refractivity contribution is -0.485. The maximum atomic E-state index is 11.5. The molecule has 0 fully saturated rings. The molecule has 0 radical (unpaired) electrons. The zero-order chi connectivity index (χ0) is 25.9. The maximum Gasteiger partial charge on any atom is 0.210 e. The second-order valence-electron chi connectivity index (χ2n) is 9.04. The topological polar surface area (TPSA) is 46.4 Å². The Morgan fingerprint density at radius 2 is 2.03 bits per heavy atom. The largest absolute Gasteiger partial charge is 0.355 e. The molecule has 4 nitrogen and oxygen atoms in total. The zero-order valence-electron chi connectivity index (χ0n) is 22.1. The summed E-state index contributed by atoms with van der Waals surface area (Å²) in [5.74, 6) is 0.286. The van der Waals surface area contributed by atoms with Crippen molar-refractivity contribution in [3.05, 3.63) is 119 Å². The van der Waals surface area contributed by atoms with Gasteiger partial charge in [-0.25, -0.2) is 0 Å². The summed E-state index contributed by atoms with van der Waals surface area (Å²) in [6, 6.07) is 0. The summed E-state index contributed by atoms with van der Waals surface area (Å²) in [5, 5.41) is 11.5. The molecule has 0 bridgehead atoms. The van der Waals surface area contributed by atoms with Gasteiger partial charge in [0.2, 0.25) is 6.54 Å². The van der Waals surface area contributed by atoms with E-state index in [1.54, 1.807) is 6.08 Å². The summed E-state index contributed by atoms with van der Waals surface area (Å²) in [5.41, 5.74) is 3.43. The molecule has 0 aliphatic heterocycles. The molecule has 0 amide bonds. The van der Waals surface area contributed by atoms with Crippen LogP contribution in [0.25, 0.3) is 0 Å². The Morgan fingerprint density at radius 3 is 2.74 bits per heavy atom. The molecule has 2 unspecified atom stereocenters. The molecule has 1 aliphatic carbocycles. The van der Waals surface area contributed by atoms with E-state index in [9.17, 15) is 10.1 Å². The second-order valence-corrected chi connectivity index (χ2v) is 9.04. The van der Waals surface area contributed by atoms with Crippen molar-refractivity contribution in [3.63, 3.8) is 0 Å². The fraction of sp³-hybridized carbons (Fsp3) is 0.419. The fourth-order valence-electron chi connectivity index (χ4n) is 3.83. The summed E-state index contributed by atoms with van der Waals surface area (Å²) in [6.07, 6.45) is 34.6. The molecule has 1 aliphatic rings. The van der Waals surface area contributed by atoms with Gasteiger partial charge in [-0.1, -0.05) is 92.5 Å². The van der Waals surface area contributed by atoms with E-state index in [-0.39, 0.29) is 17.4 Å². The van der Waals surface area contributed by atoms with Crippen LogP contribution in [0.5, 0.6) is 0 Å². The predicted molar refractivity (Wildman–Crippen MR) is 151 cm³/mol. The monoisotopic (exact) mass is 476 g/mol. The van der Waals surface area contributed by atoms with Crippen molar-refractivity contribution in [1.29, 1.82) is 0 Å². The van der Waals surface area contributed by atoms with Gasteiger partial charge in [0.05, 0.1) is 0 Å². The van der Waals surface area contributed by atoms with Crippen LogP contribution in [-0.4, -0.2) is 23.4 Å². The van der Waals surface area contributed by atoms with Gasteiger partial charge in [0.15, 0.2) is 0 Å². The Hall–Kier alpha value is -3.14. The highest BCUT2D eigenvalue weighted by Gasteiger charge is 2.18. The number of rotatable bonds is 14. The van der Waals surface area contributed by atoms with Crippen molar-refractivity contribution in [3.8, 4) is 0 Å². The molecule has 4 heteroatoms. The fourth-order valence-corrected chi connectivity index (χ4v) is 3.83. The van der Waals surface area contributed by atoms with Crippen molar-refractivity contribution in [2.75, 3.05) is 13.6 Å². The van der Waals surface area contributed by atoms with Gasteiger partial charge in [0.25, 0.3) is 0 Å². The summed E-state index contributed by atoms with van der Waals surface area (Å²) < 4.78 is 0. The average Bonchev–Trinajstić information content (AvgIpc) is 2.80.